The van der Waals surface area contributed by atoms with E-state index in [0.29, 0.717) is 0 Å². The van der Waals surface area contributed by atoms with E-state index >= 15 is 0 Å². The maximum Gasteiger partial charge on any atom is 0.394 e. The average Bonchev–Trinajstić information content (AvgIpc) is 1.85. The van der Waals surface area contributed by atoms with Gasteiger partial charge in [0.25, 0.3) is 0 Å². The van der Waals surface area contributed by atoms with Crippen molar-refractivity contribution >= 4 is 10.4 Å². The van der Waals surface area contributed by atoms with E-state index in [9.17, 15) is 0 Å². The molecule has 0 radical (unpaired) electrons. The van der Waals surface area contributed by atoms with Crippen LogP contribution in [0.5, 0.6) is 0 Å². The summed E-state index contributed by atoms with van der Waals surface area (Å²) in [6, 6.07) is 0. The van der Waals surface area contributed by atoms with Gasteiger partial charge in [0.1, 0.15) is 0 Å². The first-order valence-electron chi connectivity index (χ1n) is 3.30. The quantitative estimate of drug-likeness (QED) is 0.521. The van der Waals surface area contributed by atoms with Gasteiger partial charge in [0.2, 0.25) is 0 Å². The lowest BCUT2D eigenvalue weighted by Gasteiger charge is -2.09. The Morgan fingerprint density at radius 3 is 1.75 bits per heavy atom. The van der Waals surface area contributed by atoms with E-state index in [-0.39, 0.29) is 6.61 Å². The summed E-state index contributed by atoms with van der Waals surface area (Å²) in [6.45, 7) is 4.14. The largest absolute Gasteiger partial charge is 0.395 e. The molecule has 0 aliphatic carbocycles. The molecule has 0 atom stereocenters. The molecule has 0 bridgehead atoms. The Kier molecular flexibility index (Phi) is 8.88. The average molecular weight is 201 g/mol. The van der Waals surface area contributed by atoms with E-state index in [4.69, 9.17) is 22.6 Å². The van der Waals surface area contributed by atoms with Gasteiger partial charge in [0, 0.05) is 6.54 Å². The van der Waals surface area contributed by atoms with Crippen LogP contribution in [0.25, 0.3) is 0 Å². The zero-order valence-corrected chi connectivity index (χ0v) is 7.95. The van der Waals surface area contributed by atoms with E-state index in [1.807, 2.05) is 7.05 Å². The van der Waals surface area contributed by atoms with Gasteiger partial charge in [-0.1, -0.05) is 6.92 Å². The molecule has 0 aromatic heterocycles. The highest BCUT2D eigenvalue weighted by Gasteiger charge is 1.87. The Bertz CT molecular complexity index is 170. The third kappa shape index (κ3) is 33.0. The van der Waals surface area contributed by atoms with E-state index in [1.54, 1.807) is 0 Å². The number of nitrogens with zero attached hydrogens (tertiary/aromatic N) is 1. The van der Waals surface area contributed by atoms with Crippen LogP contribution in [0.4, 0.5) is 0 Å². The minimum atomic E-state index is -4.67. The maximum atomic E-state index is 8.74. The zero-order chi connectivity index (χ0) is 10.2. The fraction of sp³-hybridized carbons (Fsp3) is 1.00. The van der Waals surface area contributed by atoms with Crippen LogP contribution >= 0.6 is 0 Å². The highest BCUT2D eigenvalue weighted by atomic mass is 32.3. The summed E-state index contributed by atoms with van der Waals surface area (Å²) in [4.78, 5) is 2.06. The van der Waals surface area contributed by atoms with Crippen LogP contribution in [0.2, 0.25) is 0 Å². The highest BCUT2D eigenvalue weighted by molar-refractivity contribution is 7.79. The van der Waals surface area contributed by atoms with E-state index in [2.05, 4.69) is 11.8 Å². The Morgan fingerprint density at radius 1 is 1.33 bits per heavy atom. The van der Waals surface area contributed by atoms with Crippen LogP contribution in [0, 0.1) is 0 Å². The van der Waals surface area contributed by atoms with Gasteiger partial charge in [-0.25, -0.2) is 0 Å². The molecule has 3 N–H and O–H groups in total. The van der Waals surface area contributed by atoms with Gasteiger partial charge in [-0.05, 0) is 13.6 Å². The second-order valence-corrected chi connectivity index (χ2v) is 2.96. The Balaban J connectivity index is 0. The fourth-order valence-electron chi connectivity index (χ4n) is 0.329. The summed E-state index contributed by atoms with van der Waals surface area (Å²) in [5, 5.41) is 8.33. The van der Waals surface area contributed by atoms with Crippen LogP contribution in [-0.2, 0) is 10.4 Å². The van der Waals surface area contributed by atoms with Gasteiger partial charge in [0.05, 0.1) is 6.61 Å². The normalized spacial score (nSPS) is 10.8. The smallest absolute Gasteiger partial charge is 0.394 e. The number of hydrogen-bond donors (Lipinski definition) is 3. The van der Waals surface area contributed by atoms with Crippen molar-refractivity contribution in [2.45, 2.75) is 6.92 Å². The highest BCUT2D eigenvalue weighted by Crippen LogP contribution is 1.75. The van der Waals surface area contributed by atoms with Crippen molar-refractivity contribution < 1.29 is 22.6 Å². The zero-order valence-electron chi connectivity index (χ0n) is 7.13. The van der Waals surface area contributed by atoms with Crippen molar-refractivity contribution in [1.82, 2.24) is 4.90 Å². The molecule has 0 amide bonds. The Labute approximate surface area is 72.4 Å². The van der Waals surface area contributed by atoms with Crippen molar-refractivity contribution in [3.63, 3.8) is 0 Å². The van der Waals surface area contributed by atoms with Gasteiger partial charge >= 0.3 is 10.4 Å². The molecule has 0 aliphatic rings. The topological polar surface area (TPSA) is 98.1 Å². The molecule has 0 heterocycles. The molecular weight excluding hydrogens is 186 g/mol. The van der Waals surface area contributed by atoms with Crippen molar-refractivity contribution in [2.75, 3.05) is 26.7 Å². The fourth-order valence-corrected chi connectivity index (χ4v) is 0.329. The number of hydrogen-bond acceptors (Lipinski definition) is 4. The molecule has 0 spiro atoms. The van der Waals surface area contributed by atoms with Gasteiger partial charge in [0.15, 0.2) is 0 Å². The van der Waals surface area contributed by atoms with Crippen LogP contribution in [0.3, 0.4) is 0 Å². The lowest BCUT2D eigenvalue weighted by Crippen LogP contribution is -2.20. The predicted molar refractivity (Wildman–Crippen MR) is 44.4 cm³/mol. The SMILES string of the molecule is CCN(C)CCO.O=S(=O)(O)O. The molecule has 6 nitrogen and oxygen atoms in total. The van der Waals surface area contributed by atoms with Crippen LogP contribution in [0.1, 0.15) is 6.92 Å². The van der Waals surface area contributed by atoms with Gasteiger partial charge in [-0.2, -0.15) is 8.42 Å². The molecule has 0 rings (SSSR count). The first kappa shape index (κ1) is 14.3. The summed E-state index contributed by atoms with van der Waals surface area (Å²) in [5.41, 5.74) is 0. The Hall–Kier alpha value is -0.210. The first-order chi connectivity index (χ1) is 5.31. The van der Waals surface area contributed by atoms with Crippen LogP contribution in [0.15, 0.2) is 0 Å². The monoisotopic (exact) mass is 201 g/mol. The molecule has 12 heavy (non-hydrogen) atoms. The van der Waals surface area contributed by atoms with Crippen molar-refractivity contribution in [2.24, 2.45) is 0 Å². The summed E-state index contributed by atoms with van der Waals surface area (Å²) < 4.78 is 31.6. The second kappa shape index (κ2) is 7.44. The minimum Gasteiger partial charge on any atom is -0.395 e. The lowest BCUT2D eigenvalue weighted by molar-refractivity contribution is 0.227. The van der Waals surface area contributed by atoms with Gasteiger partial charge in [-0.15, -0.1) is 0 Å². The standard InChI is InChI=1S/C5H13NO.H2O4S/c1-3-6(2)4-5-7;1-5(2,3)4/h7H,3-5H2,1-2H3;(H2,1,2,3,4). The summed E-state index contributed by atoms with van der Waals surface area (Å²) >= 11 is 0. The van der Waals surface area contributed by atoms with Gasteiger partial charge in [-0.3, -0.25) is 9.11 Å². The number of aliphatic hydroxyl groups is 1. The van der Waals surface area contributed by atoms with E-state index in [1.165, 1.54) is 0 Å². The molecule has 0 aliphatic heterocycles. The number of likely N-dealkylation sites (N-methyl/N-ethyl adjacent to an activating group) is 1. The molecule has 7 heteroatoms. The van der Waals surface area contributed by atoms with Crippen molar-refractivity contribution in [3.05, 3.63) is 0 Å². The third-order valence-corrected chi connectivity index (χ3v) is 1.02. The Morgan fingerprint density at radius 2 is 1.67 bits per heavy atom. The number of rotatable bonds is 3. The summed E-state index contributed by atoms with van der Waals surface area (Å²) in [5.74, 6) is 0. The first-order valence-corrected chi connectivity index (χ1v) is 4.70. The van der Waals surface area contributed by atoms with Gasteiger partial charge < -0.3 is 10.0 Å². The molecule has 76 valence electrons. The molecule has 0 aromatic carbocycles. The molecule has 0 saturated carbocycles. The molecule has 0 saturated heterocycles. The summed E-state index contributed by atoms with van der Waals surface area (Å²) in [6.07, 6.45) is 0. The minimum absolute atomic E-state index is 0.268. The summed E-state index contributed by atoms with van der Waals surface area (Å²) in [7, 11) is -2.68. The lowest BCUT2D eigenvalue weighted by atomic mass is 10.6. The van der Waals surface area contributed by atoms with E-state index < -0.39 is 10.4 Å². The predicted octanol–water partition coefficient (Wildman–Crippen LogP) is -0.722. The van der Waals surface area contributed by atoms with E-state index in [0.717, 1.165) is 13.1 Å². The maximum absolute atomic E-state index is 8.74. The van der Waals surface area contributed by atoms with Crippen LogP contribution in [-0.4, -0.2) is 54.3 Å². The van der Waals surface area contributed by atoms with Crippen LogP contribution < -0.4 is 0 Å². The molecule has 0 fully saturated rings. The second-order valence-electron chi connectivity index (χ2n) is 2.07. The number of aliphatic hydroxyl groups excluding tert-OH is 1. The molecule has 0 unspecified atom stereocenters. The molecular formula is C5H15NO5S. The molecule has 0 aromatic rings. The third-order valence-electron chi connectivity index (χ3n) is 1.02. The van der Waals surface area contributed by atoms with Crippen molar-refractivity contribution in [3.8, 4) is 0 Å². The van der Waals surface area contributed by atoms with Crippen molar-refractivity contribution in [1.29, 1.82) is 0 Å².